The molecule has 2 aromatic carbocycles. The van der Waals surface area contributed by atoms with E-state index in [4.69, 9.17) is 4.74 Å². The van der Waals surface area contributed by atoms with Gasteiger partial charge in [-0.05, 0) is 49.1 Å². The summed E-state index contributed by atoms with van der Waals surface area (Å²) in [5.41, 5.74) is 3.83. The number of esters is 1. The Morgan fingerprint density at radius 2 is 1.64 bits per heavy atom. The summed E-state index contributed by atoms with van der Waals surface area (Å²) in [6.45, 7) is 5.66. The van der Waals surface area contributed by atoms with Gasteiger partial charge in [-0.2, -0.15) is 0 Å². The number of carbonyl (C=O) groups excluding carboxylic acids is 1. The lowest BCUT2D eigenvalue weighted by Crippen LogP contribution is -2.46. The highest BCUT2D eigenvalue weighted by Gasteiger charge is 2.24. The van der Waals surface area contributed by atoms with Gasteiger partial charge in [0.1, 0.15) is 6.10 Å². The molecule has 0 N–H and O–H groups in total. The highest BCUT2D eigenvalue weighted by Crippen LogP contribution is 2.29. The van der Waals surface area contributed by atoms with Crippen molar-refractivity contribution in [3.63, 3.8) is 0 Å². The van der Waals surface area contributed by atoms with Crippen molar-refractivity contribution in [2.45, 2.75) is 31.8 Å². The Bertz CT molecular complexity index is 743. The molecule has 0 spiro atoms. The van der Waals surface area contributed by atoms with Crippen LogP contribution in [0.4, 0.5) is 5.69 Å². The number of para-hydroxylation sites is 1. The van der Waals surface area contributed by atoms with Crippen molar-refractivity contribution >= 4 is 24.1 Å². The van der Waals surface area contributed by atoms with E-state index in [9.17, 15) is 4.79 Å². The molecular weight excluding hydrogens is 372 g/mol. The van der Waals surface area contributed by atoms with Crippen molar-refractivity contribution < 1.29 is 9.53 Å². The zero-order chi connectivity index (χ0) is 18.5. The molecule has 28 heavy (non-hydrogen) atoms. The number of carbonyl (C=O) groups is 1. The van der Waals surface area contributed by atoms with Crippen LogP contribution in [0.25, 0.3) is 0 Å². The quantitative estimate of drug-likeness (QED) is 0.679. The zero-order valence-corrected chi connectivity index (χ0v) is 17.1. The van der Waals surface area contributed by atoms with E-state index in [1.54, 1.807) is 0 Å². The molecule has 2 heterocycles. The first-order valence-corrected chi connectivity index (χ1v) is 10.1. The van der Waals surface area contributed by atoms with Gasteiger partial charge in [0.2, 0.25) is 0 Å². The Labute approximate surface area is 173 Å². The number of ether oxygens (including phenoxy) is 1. The minimum atomic E-state index is -0.0727. The molecule has 5 heteroatoms. The first kappa shape index (κ1) is 20.7. The number of hydrogen-bond donors (Lipinski definition) is 0. The SMILES string of the molecule is Cl.O=C1CCC(c2ccc(CCCN3CCN(c4ccccc4)CC3)cc2)O1. The van der Waals surface area contributed by atoms with Crippen LogP contribution in [0.3, 0.4) is 0 Å². The highest BCUT2D eigenvalue weighted by molar-refractivity contribution is 5.85. The number of rotatable bonds is 6. The van der Waals surface area contributed by atoms with Crippen LogP contribution in [-0.4, -0.2) is 43.6 Å². The second kappa shape index (κ2) is 9.94. The normalized spacial score (nSPS) is 19.9. The highest BCUT2D eigenvalue weighted by atomic mass is 35.5. The standard InChI is InChI=1S/C23H28N2O2.ClH/c26-23-13-12-22(27-23)20-10-8-19(9-11-20)5-4-14-24-15-17-25(18-16-24)21-6-2-1-3-7-21;/h1-3,6-11,22H,4-5,12-18H2;1H. The van der Waals surface area contributed by atoms with Crippen molar-refractivity contribution in [3.8, 4) is 0 Å². The van der Waals surface area contributed by atoms with Crippen LogP contribution in [0.15, 0.2) is 54.6 Å². The molecular formula is C23H29ClN2O2. The van der Waals surface area contributed by atoms with Crippen LogP contribution < -0.4 is 4.90 Å². The van der Waals surface area contributed by atoms with Crippen molar-refractivity contribution in [1.82, 2.24) is 4.90 Å². The minimum Gasteiger partial charge on any atom is -0.457 e. The Kier molecular flexibility index (Phi) is 7.35. The first-order chi connectivity index (χ1) is 13.3. The summed E-state index contributed by atoms with van der Waals surface area (Å²) in [4.78, 5) is 16.3. The maximum absolute atomic E-state index is 11.3. The van der Waals surface area contributed by atoms with Crippen LogP contribution in [0.2, 0.25) is 0 Å². The fourth-order valence-electron chi connectivity index (χ4n) is 4.03. The summed E-state index contributed by atoms with van der Waals surface area (Å²) in [5.74, 6) is -0.0727. The number of hydrogen-bond acceptors (Lipinski definition) is 4. The average Bonchev–Trinajstić information content (AvgIpc) is 3.16. The molecule has 2 aliphatic heterocycles. The molecule has 2 aliphatic rings. The number of piperazine rings is 1. The molecule has 2 aromatic rings. The van der Waals surface area contributed by atoms with Gasteiger partial charge in [0.05, 0.1) is 0 Å². The van der Waals surface area contributed by atoms with E-state index in [1.807, 2.05) is 0 Å². The van der Waals surface area contributed by atoms with E-state index in [0.717, 1.165) is 51.1 Å². The summed E-state index contributed by atoms with van der Waals surface area (Å²) in [5, 5.41) is 0. The van der Waals surface area contributed by atoms with E-state index >= 15 is 0 Å². The van der Waals surface area contributed by atoms with Crippen LogP contribution in [0.5, 0.6) is 0 Å². The molecule has 0 amide bonds. The number of anilines is 1. The van der Waals surface area contributed by atoms with Crippen LogP contribution in [-0.2, 0) is 16.0 Å². The van der Waals surface area contributed by atoms with Crippen LogP contribution >= 0.6 is 12.4 Å². The summed E-state index contributed by atoms with van der Waals surface area (Å²) in [7, 11) is 0. The van der Waals surface area contributed by atoms with E-state index < -0.39 is 0 Å². The third-order valence-electron chi connectivity index (χ3n) is 5.67. The lowest BCUT2D eigenvalue weighted by Gasteiger charge is -2.36. The number of aryl methyl sites for hydroxylation is 1. The predicted molar refractivity (Wildman–Crippen MR) is 115 cm³/mol. The van der Waals surface area contributed by atoms with Gasteiger partial charge < -0.3 is 9.64 Å². The number of benzene rings is 2. The molecule has 4 nitrogen and oxygen atoms in total. The second-order valence-electron chi connectivity index (χ2n) is 7.53. The molecule has 2 saturated heterocycles. The van der Waals surface area contributed by atoms with Crippen LogP contribution in [0, 0.1) is 0 Å². The summed E-state index contributed by atoms with van der Waals surface area (Å²) in [6.07, 6.45) is 3.61. The van der Waals surface area contributed by atoms with Gasteiger partial charge in [-0.15, -0.1) is 12.4 Å². The fourth-order valence-corrected chi connectivity index (χ4v) is 4.03. The number of halogens is 1. The van der Waals surface area contributed by atoms with Crippen molar-refractivity contribution in [2.75, 3.05) is 37.6 Å². The van der Waals surface area contributed by atoms with Gasteiger partial charge in [-0.3, -0.25) is 9.69 Å². The molecule has 2 fully saturated rings. The summed E-state index contributed by atoms with van der Waals surface area (Å²) in [6, 6.07) is 19.3. The smallest absolute Gasteiger partial charge is 0.306 e. The van der Waals surface area contributed by atoms with E-state index in [2.05, 4.69) is 64.4 Å². The van der Waals surface area contributed by atoms with E-state index in [1.165, 1.54) is 17.7 Å². The lowest BCUT2D eigenvalue weighted by molar-refractivity contribution is -0.141. The molecule has 150 valence electrons. The van der Waals surface area contributed by atoms with Gasteiger partial charge in [-0.1, -0.05) is 42.5 Å². The topological polar surface area (TPSA) is 32.8 Å². The van der Waals surface area contributed by atoms with E-state index in [-0.39, 0.29) is 24.5 Å². The van der Waals surface area contributed by atoms with Gasteiger partial charge in [0.25, 0.3) is 0 Å². The van der Waals surface area contributed by atoms with Gasteiger partial charge in [0, 0.05) is 38.3 Å². The Hall–Kier alpha value is -2.04. The molecule has 4 rings (SSSR count). The summed E-state index contributed by atoms with van der Waals surface area (Å²) < 4.78 is 5.34. The Morgan fingerprint density at radius 1 is 0.929 bits per heavy atom. The fraction of sp³-hybridized carbons (Fsp3) is 0.435. The third kappa shape index (κ3) is 5.27. The average molecular weight is 401 g/mol. The maximum atomic E-state index is 11.3. The Balaban J connectivity index is 0.00000225. The third-order valence-corrected chi connectivity index (χ3v) is 5.67. The molecule has 0 bridgehead atoms. The molecule has 0 aromatic heterocycles. The minimum absolute atomic E-state index is 0. The van der Waals surface area contributed by atoms with Crippen molar-refractivity contribution in [3.05, 3.63) is 65.7 Å². The van der Waals surface area contributed by atoms with Crippen LogP contribution in [0.1, 0.15) is 36.5 Å². The van der Waals surface area contributed by atoms with Gasteiger partial charge >= 0.3 is 5.97 Å². The molecule has 0 saturated carbocycles. The molecule has 1 unspecified atom stereocenters. The number of nitrogens with zero attached hydrogens (tertiary/aromatic N) is 2. The molecule has 0 radical (unpaired) electrons. The van der Waals surface area contributed by atoms with Crippen molar-refractivity contribution in [1.29, 1.82) is 0 Å². The van der Waals surface area contributed by atoms with Gasteiger partial charge in [0.15, 0.2) is 0 Å². The predicted octanol–water partition coefficient (Wildman–Crippen LogP) is 4.24. The zero-order valence-electron chi connectivity index (χ0n) is 16.3. The second-order valence-corrected chi connectivity index (χ2v) is 7.53. The van der Waals surface area contributed by atoms with Gasteiger partial charge in [-0.25, -0.2) is 0 Å². The molecule has 1 atom stereocenters. The maximum Gasteiger partial charge on any atom is 0.306 e. The number of cyclic esters (lactones) is 1. The summed E-state index contributed by atoms with van der Waals surface area (Å²) >= 11 is 0. The Morgan fingerprint density at radius 3 is 2.29 bits per heavy atom. The monoisotopic (exact) mass is 400 g/mol. The first-order valence-electron chi connectivity index (χ1n) is 10.1. The van der Waals surface area contributed by atoms with E-state index in [0.29, 0.717) is 6.42 Å². The van der Waals surface area contributed by atoms with Crippen molar-refractivity contribution in [2.24, 2.45) is 0 Å². The lowest BCUT2D eigenvalue weighted by atomic mass is 10.0. The molecule has 0 aliphatic carbocycles. The largest absolute Gasteiger partial charge is 0.457 e.